The Balaban J connectivity index is 1.02. The van der Waals surface area contributed by atoms with Crippen LogP contribution in [0.5, 0.6) is 5.75 Å². The summed E-state index contributed by atoms with van der Waals surface area (Å²) in [4.78, 5) is 5.16. The van der Waals surface area contributed by atoms with Crippen molar-refractivity contribution in [2.24, 2.45) is 0 Å². The van der Waals surface area contributed by atoms with Crippen LogP contribution in [0.4, 0.5) is 0 Å². The van der Waals surface area contributed by atoms with Crippen LogP contribution in [0, 0.1) is 6.92 Å². The number of fused-ring (bicyclic) bond motifs is 3. The van der Waals surface area contributed by atoms with Gasteiger partial charge in [0, 0.05) is 37.8 Å². The number of hydrogen-bond acceptors (Lipinski definition) is 4. The number of rotatable bonds is 10. The van der Waals surface area contributed by atoms with E-state index in [0.29, 0.717) is 5.92 Å². The van der Waals surface area contributed by atoms with Crippen LogP contribution < -0.4 is 10.1 Å². The summed E-state index contributed by atoms with van der Waals surface area (Å²) >= 11 is 0. The fourth-order valence-electron chi connectivity index (χ4n) is 7.44. The number of aryl methyl sites for hydroxylation is 1. The molecule has 2 fully saturated rings. The van der Waals surface area contributed by atoms with Crippen molar-refractivity contribution < 1.29 is 4.74 Å². The quantitative estimate of drug-likeness (QED) is 0.271. The van der Waals surface area contributed by atoms with Crippen molar-refractivity contribution in [3.63, 3.8) is 0 Å². The Kier molecular flexibility index (Phi) is 9.31. The molecule has 1 aliphatic carbocycles. The molecule has 0 saturated carbocycles. The highest BCUT2D eigenvalue weighted by atomic mass is 16.5. The molecule has 3 aliphatic rings. The van der Waals surface area contributed by atoms with Crippen molar-refractivity contribution in [2.45, 2.75) is 77.4 Å². The van der Waals surface area contributed by atoms with Crippen LogP contribution in [0.3, 0.4) is 0 Å². The van der Waals surface area contributed by atoms with Crippen molar-refractivity contribution in [1.82, 2.24) is 15.1 Å². The van der Waals surface area contributed by atoms with E-state index in [4.69, 9.17) is 4.74 Å². The smallest absolute Gasteiger partial charge is 0.119 e. The van der Waals surface area contributed by atoms with Crippen molar-refractivity contribution in [1.29, 1.82) is 0 Å². The van der Waals surface area contributed by atoms with Crippen LogP contribution in [0.25, 0.3) is 16.8 Å². The summed E-state index contributed by atoms with van der Waals surface area (Å²) in [7, 11) is 0. The second-order valence-corrected chi connectivity index (χ2v) is 12.7. The standard InChI is InChI=1S/C38H49N3O/c1-4-34-35-19-14-30(25-37(35)38-28(2)11-9-13-36(34)38)26-41-23-10-12-33(27-41)42-32-17-15-31(16-18-32)29(3)39-20-24-40-21-7-5-6-8-22-40/h9,11,13-19,25,33-34,39H,3-8,10,12,20-24,26-27H2,1-2H3. The molecule has 0 radical (unpaired) electrons. The Morgan fingerprint density at radius 1 is 0.905 bits per heavy atom. The molecule has 2 unspecified atom stereocenters. The van der Waals surface area contributed by atoms with Gasteiger partial charge in [0.2, 0.25) is 0 Å². The summed E-state index contributed by atoms with van der Waals surface area (Å²) in [6.07, 6.45) is 9.09. The summed E-state index contributed by atoms with van der Waals surface area (Å²) in [5.41, 5.74) is 10.9. The zero-order valence-electron chi connectivity index (χ0n) is 25.8. The van der Waals surface area contributed by atoms with E-state index in [0.717, 1.165) is 62.6 Å². The zero-order chi connectivity index (χ0) is 28.9. The summed E-state index contributed by atoms with van der Waals surface area (Å²) in [5.74, 6) is 1.48. The maximum atomic E-state index is 6.50. The summed E-state index contributed by atoms with van der Waals surface area (Å²) in [5, 5.41) is 3.54. The number of nitrogens with zero attached hydrogens (tertiary/aromatic N) is 2. The van der Waals surface area contributed by atoms with Gasteiger partial charge in [0.25, 0.3) is 0 Å². The topological polar surface area (TPSA) is 27.7 Å². The summed E-state index contributed by atoms with van der Waals surface area (Å²) in [6.45, 7) is 16.5. The molecule has 222 valence electrons. The van der Waals surface area contributed by atoms with Gasteiger partial charge < -0.3 is 15.0 Å². The van der Waals surface area contributed by atoms with E-state index >= 15 is 0 Å². The average Bonchev–Trinajstić information content (AvgIpc) is 3.12. The predicted octanol–water partition coefficient (Wildman–Crippen LogP) is 8.00. The lowest BCUT2D eigenvalue weighted by molar-refractivity contribution is 0.0843. The Morgan fingerprint density at radius 3 is 2.48 bits per heavy atom. The van der Waals surface area contributed by atoms with E-state index in [1.54, 1.807) is 0 Å². The third kappa shape index (κ3) is 6.61. The number of benzene rings is 3. The van der Waals surface area contributed by atoms with Crippen molar-refractivity contribution >= 4 is 5.70 Å². The van der Waals surface area contributed by atoms with Crippen LogP contribution in [0.2, 0.25) is 0 Å². The fourth-order valence-corrected chi connectivity index (χ4v) is 7.44. The van der Waals surface area contributed by atoms with E-state index in [2.05, 4.69) is 96.2 Å². The molecule has 6 rings (SSSR count). The molecule has 2 aliphatic heterocycles. The molecule has 2 saturated heterocycles. The van der Waals surface area contributed by atoms with Gasteiger partial charge in [0.05, 0.1) is 0 Å². The average molecular weight is 564 g/mol. The highest BCUT2D eigenvalue weighted by Gasteiger charge is 2.29. The van der Waals surface area contributed by atoms with Gasteiger partial charge in [-0.1, -0.05) is 56.7 Å². The third-order valence-corrected chi connectivity index (χ3v) is 9.69. The molecule has 4 heteroatoms. The fraction of sp³-hybridized carbons (Fsp3) is 0.474. The van der Waals surface area contributed by atoms with E-state index < -0.39 is 0 Å². The predicted molar refractivity (Wildman–Crippen MR) is 176 cm³/mol. The number of ether oxygens (including phenoxy) is 1. The molecule has 0 aromatic heterocycles. The number of likely N-dealkylation sites (tertiary alicyclic amines) is 2. The first-order valence-corrected chi connectivity index (χ1v) is 16.5. The van der Waals surface area contributed by atoms with Crippen LogP contribution in [0.1, 0.15) is 85.6 Å². The molecule has 3 aromatic carbocycles. The highest BCUT2D eigenvalue weighted by molar-refractivity contribution is 5.81. The van der Waals surface area contributed by atoms with E-state index in [-0.39, 0.29) is 6.10 Å². The molecule has 2 atom stereocenters. The molecule has 0 bridgehead atoms. The molecule has 1 N–H and O–H groups in total. The molecular formula is C38H49N3O. The van der Waals surface area contributed by atoms with Gasteiger partial charge in [-0.15, -0.1) is 0 Å². The minimum atomic E-state index is 0.224. The van der Waals surface area contributed by atoms with Crippen molar-refractivity contribution in [3.05, 3.63) is 95.1 Å². The normalized spacial score (nSPS) is 20.9. The Morgan fingerprint density at radius 2 is 1.69 bits per heavy atom. The number of nitrogens with one attached hydrogen (secondary N) is 1. The first-order valence-electron chi connectivity index (χ1n) is 16.5. The largest absolute Gasteiger partial charge is 0.489 e. The molecule has 4 nitrogen and oxygen atoms in total. The summed E-state index contributed by atoms with van der Waals surface area (Å²) in [6, 6.07) is 22.5. The Bertz CT molecular complexity index is 1360. The Labute approximate surface area is 253 Å². The van der Waals surface area contributed by atoms with Gasteiger partial charge in [0.15, 0.2) is 0 Å². The minimum Gasteiger partial charge on any atom is -0.489 e. The van der Waals surface area contributed by atoms with Gasteiger partial charge in [0.1, 0.15) is 11.9 Å². The monoisotopic (exact) mass is 563 g/mol. The first kappa shape index (κ1) is 29.0. The van der Waals surface area contributed by atoms with Crippen LogP contribution >= 0.6 is 0 Å². The van der Waals surface area contributed by atoms with Gasteiger partial charge in [-0.2, -0.15) is 0 Å². The van der Waals surface area contributed by atoms with Crippen LogP contribution in [-0.4, -0.2) is 55.2 Å². The second kappa shape index (κ2) is 13.5. The minimum absolute atomic E-state index is 0.224. The molecular weight excluding hydrogens is 514 g/mol. The maximum Gasteiger partial charge on any atom is 0.119 e. The van der Waals surface area contributed by atoms with Crippen molar-refractivity contribution in [2.75, 3.05) is 39.3 Å². The molecule has 42 heavy (non-hydrogen) atoms. The van der Waals surface area contributed by atoms with E-state index in [1.165, 1.54) is 78.6 Å². The summed E-state index contributed by atoms with van der Waals surface area (Å²) < 4.78 is 6.50. The zero-order valence-corrected chi connectivity index (χ0v) is 25.8. The maximum absolute atomic E-state index is 6.50. The molecule has 3 aromatic rings. The van der Waals surface area contributed by atoms with Gasteiger partial charge in [-0.25, -0.2) is 0 Å². The van der Waals surface area contributed by atoms with Crippen molar-refractivity contribution in [3.8, 4) is 16.9 Å². The van der Waals surface area contributed by atoms with Crippen LogP contribution in [-0.2, 0) is 6.54 Å². The number of piperidine rings is 1. The molecule has 2 heterocycles. The van der Waals surface area contributed by atoms with Gasteiger partial charge in [-0.05, 0) is 128 Å². The SMILES string of the molecule is C=C(NCCN1CCCCCC1)c1ccc(OC2CCCN(Cc3ccc4c(c3)-c3c(C)cccc3C4CC)C2)cc1. The molecule has 0 amide bonds. The van der Waals surface area contributed by atoms with Crippen LogP contribution in [0.15, 0.2) is 67.2 Å². The number of hydrogen-bond donors (Lipinski definition) is 1. The third-order valence-electron chi connectivity index (χ3n) is 9.69. The highest BCUT2D eigenvalue weighted by Crippen LogP contribution is 2.48. The first-order chi connectivity index (χ1) is 20.6. The lowest BCUT2D eigenvalue weighted by Gasteiger charge is -2.33. The lowest BCUT2D eigenvalue weighted by atomic mass is 9.93. The van der Waals surface area contributed by atoms with Gasteiger partial charge >= 0.3 is 0 Å². The van der Waals surface area contributed by atoms with Gasteiger partial charge in [-0.3, -0.25) is 4.90 Å². The lowest BCUT2D eigenvalue weighted by Crippen LogP contribution is -2.40. The second-order valence-electron chi connectivity index (χ2n) is 12.7. The Hall–Kier alpha value is -3.08. The van der Waals surface area contributed by atoms with E-state index in [1.807, 2.05) is 0 Å². The van der Waals surface area contributed by atoms with E-state index in [9.17, 15) is 0 Å². The molecule has 0 spiro atoms.